The highest BCUT2D eigenvalue weighted by atomic mass is 16.5. The van der Waals surface area contributed by atoms with Gasteiger partial charge in [0.2, 0.25) is 0 Å². The molecule has 1 aromatic rings. The average Bonchev–Trinajstić information content (AvgIpc) is 2.71. The van der Waals surface area contributed by atoms with Crippen molar-refractivity contribution in [1.82, 2.24) is 4.90 Å². The predicted octanol–water partition coefficient (Wildman–Crippen LogP) is 2.55. The fourth-order valence-electron chi connectivity index (χ4n) is 2.44. The summed E-state index contributed by atoms with van der Waals surface area (Å²) in [5.74, 6) is 1.55. The molecule has 0 spiro atoms. The molecule has 0 amide bonds. The SMILES string of the molecule is CC(C)Oc1ccc(C2CN=C(N)N2C(C)C)cc1. The van der Waals surface area contributed by atoms with Crippen LogP contribution in [0, 0.1) is 0 Å². The van der Waals surface area contributed by atoms with Crippen molar-refractivity contribution in [2.24, 2.45) is 10.7 Å². The van der Waals surface area contributed by atoms with Crippen molar-refractivity contribution in [3.05, 3.63) is 29.8 Å². The highest BCUT2D eigenvalue weighted by Crippen LogP contribution is 2.28. The third-order valence-corrected chi connectivity index (χ3v) is 3.22. The van der Waals surface area contributed by atoms with Crippen LogP contribution < -0.4 is 10.5 Å². The van der Waals surface area contributed by atoms with E-state index in [2.05, 4.69) is 35.9 Å². The molecule has 1 aliphatic heterocycles. The molecule has 0 fully saturated rings. The molecule has 0 radical (unpaired) electrons. The quantitative estimate of drug-likeness (QED) is 0.906. The summed E-state index contributed by atoms with van der Waals surface area (Å²) in [6.07, 6.45) is 0.198. The van der Waals surface area contributed by atoms with E-state index in [0.717, 1.165) is 12.3 Å². The summed E-state index contributed by atoms with van der Waals surface area (Å²) in [4.78, 5) is 6.52. The Labute approximate surface area is 115 Å². The molecule has 0 bridgehead atoms. The predicted molar refractivity (Wildman–Crippen MR) is 78.4 cm³/mol. The van der Waals surface area contributed by atoms with Crippen LogP contribution in [-0.2, 0) is 0 Å². The summed E-state index contributed by atoms with van der Waals surface area (Å²) in [6.45, 7) is 9.06. The monoisotopic (exact) mass is 261 g/mol. The Hall–Kier alpha value is -1.71. The molecule has 4 heteroatoms. The Balaban J connectivity index is 2.14. The normalized spacial score (nSPS) is 19.2. The minimum absolute atomic E-state index is 0.198. The van der Waals surface area contributed by atoms with Crippen LogP contribution in [0.4, 0.5) is 0 Å². The molecule has 2 N–H and O–H groups in total. The molecule has 1 heterocycles. The van der Waals surface area contributed by atoms with Gasteiger partial charge in [0.25, 0.3) is 0 Å². The lowest BCUT2D eigenvalue weighted by molar-refractivity contribution is 0.242. The molecular formula is C15H23N3O. The molecule has 1 unspecified atom stereocenters. The summed E-state index contributed by atoms with van der Waals surface area (Å²) in [5, 5.41) is 0. The summed E-state index contributed by atoms with van der Waals surface area (Å²) in [5.41, 5.74) is 7.19. The first-order valence-corrected chi connectivity index (χ1v) is 6.84. The lowest BCUT2D eigenvalue weighted by atomic mass is 10.1. The van der Waals surface area contributed by atoms with E-state index in [1.165, 1.54) is 5.56 Å². The van der Waals surface area contributed by atoms with Gasteiger partial charge in [-0.1, -0.05) is 12.1 Å². The van der Waals surface area contributed by atoms with E-state index in [-0.39, 0.29) is 12.1 Å². The van der Waals surface area contributed by atoms with Crippen molar-refractivity contribution in [3.63, 3.8) is 0 Å². The van der Waals surface area contributed by atoms with Crippen LogP contribution in [0.3, 0.4) is 0 Å². The molecule has 1 aliphatic rings. The van der Waals surface area contributed by atoms with Crippen LogP contribution in [0.25, 0.3) is 0 Å². The van der Waals surface area contributed by atoms with E-state index in [0.29, 0.717) is 12.0 Å². The van der Waals surface area contributed by atoms with Gasteiger partial charge in [-0.2, -0.15) is 0 Å². The molecule has 1 atom stereocenters. The van der Waals surface area contributed by atoms with Crippen molar-refractivity contribution in [3.8, 4) is 5.75 Å². The molecule has 1 aromatic carbocycles. The number of benzene rings is 1. The molecule has 4 nitrogen and oxygen atoms in total. The number of nitrogens with two attached hydrogens (primary N) is 1. The first-order chi connectivity index (χ1) is 8.99. The van der Waals surface area contributed by atoms with Gasteiger partial charge in [-0.3, -0.25) is 4.99 Å². The van der Waals surface area contributed by atoms with E-state index in [1.807, 2.05) is 26.0 Å². The highest BCUT2D eigenvalue weighted by Gasteiger charge is 2.29. The molecular weight excluding hydrogens is 238 g/mol. The molecule has 2 rings (SSSR count). The van der Waals surface area contributed by atoms with Crippen LogP contribution in [0.1, 0.15) is 39.3 Å². The zero-order valence-corrected chi connectivity index (χ0v) is 12.1. The third kappa shape index (κ3) is 3.00. The van der Waals surface area contributed by atoms with Gasteiger partial charge in [0.1, 0.15) is 5.75 Å². The maximum absolute atomic E-state index is 5.95. The van der Waals surface area contributed by atoms with Crippen molar-refractivity contribution >= 4 is 5.96 Å². The largest absolute Gasteiger partial charge is 0.491 e. The fraction of sp³-hybridized carbons (Fsp3) is 0.533. The van der Waals surface area contributed by atoms with Gasteiger partial charge in [-0.25, -0.2) is 0 Å². The van der Waals surface area contributed by atoms with Crippen LogP contribution in [0.2, 0.25) is 0 Å². The first-order valence-electron chi connectivity index (χ1n) is 6.84. The van der Waals surface area contributed by atoms with Crippen LogP contribution in [-0.4, -0.2) is 29.6 Å². The third-order valence-electron chi connectivity index (χ3n) is 3.22. The molecule has 0 aromatic heterocycles. The molecule has 0 saturated carbocycles. The van der Waals surface area contributed by atoms with E-state index in [4.69, 9.17) is 10.5 Å². The van der Waals surface area contributed by atoms with Crippen molar-refractivity contribution < 1.29 is 4.74 Å². The maximum Gasteiger partial charge on any atom is 0.192 e. The number of hydrogen-bond donors (Lipinski definition) is 1. The van der Waals surface area contributed by atoms with E-state index in [1.54, 1.807) is 0 Å². The lowest BCUT2D eigenvalue weighted by Gasteiger charge is -2.30. The van der Waals surface area contributed by atoms with Gasteiger partial charge in [0.05, 0.1) is 18.7 Å². The number of hydrogen-bond acceptors (Lipinski definition) is 4. The summed E-state index contributed by atoms with van der Waals surface area (Å²) in [7, 11) is 0. The van der Waals surface area contributed by atoms with E-state index < -0.39 is 0 Å². The number of guanidine groups is 1. The first kappa shape index (κ1) is 13.7. The minimum atomic E-state index is 0.198. The Kier molecular flexibility index (Phi) is 3.98. The van der Waals surface area contributed by atoms with Crippen LogP contribution in [0.5, 0.6) is 5.75 Å². The zero-order chi connectivity index (χ0) is 14.0. The molecule has 19 heavy (non-hydrogen) atoms. The van der Waals surface area contributed by atoms with Crippen LogP contribution >= 0.6 is 0 Å². The topological polar surface area (TPSA) is 50.9 Å². The number of rotatable bonds is 4. The number of ether oxygens (including phenoxy) is 1. The fourth-order valence-corrected chi connectivity index (χ4v) is 2.44. The second-order valence-corrected chi connectivity index (χ2v) is 5.45. The lowest BCUT2D eigenvalue weighted by Crippen LogP contribution is -2.40. The Bertz CT molecular complexity index is 451. The van der Waals surface area contributed by atoms with Gasteiger partial charge in [0, 0.05) is 6.04 Å². The van der Waals surface area contributed by atoms with Crippen molar-refractivity contribution in [1.29, 1.82) is 0 Å². The summed E-state index contributed by atoms with van der Waals surface area (Å²) < 4.78 is 5.66. The van der Waals surface area contributed by atoms with Crippen molar-refractivity contribution in [2.75, 3.05) is 6.54 Å². The maximum atomic E-state index is 5.95. The summed E-state index contributed by atoms with van der Waals surface area (Å²) in [6, 6.07) is 8.83. The molecule has 104 valence electrons. The number of nitrogens with zero attached hydrogens (tertiary/aromatic N) is 2. The van der Waals surface area contributed by atoms with Gasteiger partial charge >= 0.3 is 0 Å². The van der Waals surface area contributed by atoms with Crippen molar-refractivity contribution in [2.45, 2.75) is 45.9 Å². The van der Waals surface area contributed by atoms with Gasteiger partial charge in [0.15, 0.2) is 5.96 Å². The summed E-state index contributed by atoms with van der Waals surface area (Å²) >= 11 is 0. The Morgan fingerprint density at radius 1 is 1.21 bits per heavy atom. The molecule has 0 saturated heterocycles. The second kappa shape index (κ2) is 5.51. The highest BCUT2D eigenvalue weighted by molar-refractivity contribution is 5.80. The standard InChI is InChI=1S/C15H23N3O/c1-10(2)18-14(9-17-15(18)16)12-5-7-13(8-6-12)19-11(3)4/h5-8,10-11,14H,9H2,1-4H3,(H2,16,17). The molecule has 0 aliphatic carbocycles. The van der Waals surface area contributed by atoms with Crippen LogP contribution in [0.15, 0.2) is 29.3 Å². The Morgan fingerprint density at radius 2 is 1.84 bits per heavy atom. The van der Waals surface area contributed by atoms with Gasteiger partial charge in [-0.05, 0) is 45.4 Å². The van der Waals surface area contributed by atoms with Gasteiger partial charge < -0.3 is 15.4 Å². The second-order valence-electron chi connectivity index (χ2n) is 5.45. The average molecular weight is 261 g/mol. The van der Waals surface area contributed by atoms with Gasteiger partial charge in [-0.15, -0.1) is 0 Å². The zero-order valence-electron chi connectivity index (χ0n) is 12.1. The smallest absolute Gasteiger partial charge is 0.192 e. The van der Waals surface area contributed by atoms with E-state index in [9.17, 15) is 0 Å². The Morgan fingerprint density at radius 3 is 2.37 bits per heavy atom. The van der Waals surface area contributed by atoms with E-state index >= 15 is 0 Å². The number of aliphatic imine (C=N–C) groups is 1. The minimum Gasteiger partial charge on any atom is -0.491 e.